The van der Waals surface area contributed by atoms with E-state index in [9.17, 15) is 0 Å². The molecule has 0 unspecified atom stereocenters. The summed E-state index contributed by atoms with van der Waals surface area (Å²) < 4.78 is 31.0. The van der Waals surface area contributed by atoms with Gasteiger partial charge in [0.2, 0.25) is 0 Å². The van der Waals surface area contributed by atoms with Crippen LogP contribution in [0, 0.1) is 0 Å². The molecule has 4 aromatic carbocycles. The summed E-state index contributed by atoms with van der Waals surface area (Å²) in [6.45, 7) is 2.33. The third kappa shape index (κ3) is 7.90. The Labute approximate surface area is 236 Å². The molecule has 3 atom stereocenters. The van der Waals surface area contributed by atoms with Gasteiger partial charge in [0.25, 0.3) is 0 Å². The van der Waals surface area contributed by atoms with Crippen molar-refractivity contribution in [1.29, 1.82) is 0 Å². The van der Waals surface area contributed by atoms with Crippen LogP contribution in [0.5, 0.6) is 5.75 Å². The van der Waals surface area contributed by atoms with Gasteiger partial charge in [0.05, 0.1) is 40.1 Å². The highest BCUT2D eigenvalue weighted by atomic mass is 16.6. The van der Waals surface area contributed by atoms with Gasteiger partial charge in [-0.05, 0) is 46.0 Å². The van der Waals surface area contributed by atoms with E-state index in [-0.39, 0.29) is 18.3 Å². The van der Waals surface area contributed by atoms with Gasteiger partial charge < -0.3 is 23.7 Å². The first kappa shape index (κ1) is 27.8. The lowest BCUT2D eigenvalue weighted by Gasteiger charge is -2.28. The van der Waals surface area contributed by atoms with Gasteiger partial charge in [-0.3, -0.25) is 0 Å². The molecule has 0 amide bonds. The fourth-order valence-corrected chi connectivity index (χ4v) is 4.74. The number of ether oxygens (including phenoxy) is 5. The highest BCUT2D eigenvalue weighted by Crippen LogP contribution is 2.31. The van der Waals surface area contributed by atoms with Crippen LogP contribution < -0.4 is 4.74 Å². The minimum Gasteiger partial charge on any atom is -0.497 e. The highest BCUT2D eigenvalue weighted by Gasteiger charge is 2.40. The van der Waals surface area contributed by atoms with E-state index < -0.39 is 0 Å². The van der Waals surface area contributed by atoms with Crippen LogP contribution in [-0.4, -0.2) is 32.0 Å². The second kappa shape index (κ2) is 14.6. The zero-order valence-corrected chi connectivity index (χ0v) is 22.9. The van der Waals surface area contributed by atoms with Gasteiger partial charge in [0.15, 0.2) is 0 Å². The monoisotopic (exact) mass is 536 g/mol. The normalized spacial score (nSPS) is 18.4. The van der Waals surface area contributed by atoms with E-state index in [1.54, 1.807) is 7.11 Å². The zero-order chi connectivity index (χ0) is 27.4. The Morgan fingerprint density at radius 1 is 0.500 bits per heavy atom. The second-order valence-electron chi connectivity index (χ2n) is 9.82. The van der Waals surface area contributed by atoms with E-state index in [4.69, 9.17) is 23.7 Å². The van der Waals surface area contributed by atoms with Gasteiger partial charge in [-0.2, -0.15) is 0 Å². The smallest absolute Gasteiger partial charge is 0.118 e. The number of benzene rings is 4. The molecule has 0 fully saturated rings. The Hall–Kier alpha value is -3.74. The van der Waals surface area contributed by atoms with Crippen LogP contribution in [0.2, 0.25) is 0 Å². The lowest BCUT2D eigenvalue weighted by Crippen LogP contribution is -2.38. The van der Waals surface area contributed by atoms with E-state index in [1.165, 1.54) is 0 Å². The highest BCUT2D eigenvalue weighted by molar-refractivity contribution is 5.28. The standard InChI is InChI=1S/C35H36O5/c1-36-32-19-17-30(18-20-32)23-38-33-21-31(26-37-22-27-11-5-2-6-12-27)34(39-24-28-13-7-3-8-14-28)35(33)40-25-29-15-9-4-10-16-29/h2-21,33-35H,22-26H2,1H3/t33-,34+,35+/m0/s1. The molecule has 0 bridgehead atoms. The Morgan fingerprint density at radius 3 is 1.57 bits per heavy atom. The van der Waals surface area contributed by atoms with Crippen molar-refractivity contribution >= 4 is 0 Å². The lowest BCUT2D eigenvalue weighted by atomic mass is 10.1. The summed E-state index contributed by atoms with van der Waals surface area (Å²) in [5.74, 6) is 0.820. The number of hydrogen-bond donors (Lipinski definition) is 0. The SMILES string of the molecule is COc1ccc(CO[C@H]2C=C(COCc3ccccc3)[C@@H](OCc3ccccc3)[C@@H]2OCc2ccccc2)cc1. The summed E-state index contributed by atoms with van der Waals surface area (Å²) in [5, 5.41) is 0. The predicted octanol–water partition coefficient (Wildman–Crippen LogP) is 6.91. The van der Waals surface area contributed by atoms with Crippen molar-refractivity contribution in [2.24, 2.45) is 0 Å². The fourth-order valence-electron chi connectivity index (χ4n) is 4.74. The van der Waals surface area contributed by atoms with E-state index in [2.05, 4.69) is 42.5 Å². The van der Waals surface area contributed by atoms with Crippen LogP contribution in [0.25, 0.3) is 0 Å². The van der Waals surface area contributed by atoms with Crippen LogP contribution in [-0.2, 0) is 45.4 Å². The molecule has 40 heavy (non-hydrogen) atoms. The molecule has 5 nitrogen and oxygen atoms in total. The third-order valence-electron chi connectivity index (χ3n) is 6.91. The van der Waals surface area contributed by atoms with Crippen molar-refractivity contribution < 1.29 is 23.7 Å². The average Bonchev–Trinajstić information content (AvgIpc) is 3.35. The first-order valence-corrected chi connectivity index (χ1v) is 13.7. The Morgan fingerprint density at radius 2 is 1.00 bits per heavy atom. The van der Waals surface area contributed by atoms with Gasteiger partial charge in [-0.1, -0.05) is 103 Å². The molecule has 0 saturated heterocycles. The molecular formula is C35H36O5. The summed E-state index contributed by atoms with van der Waals surface area (Å²) in [7, 11) is 1.67. The Bertz CT molecular complexity index is 1310. The van der Waals surface area contributed by atoms with Crippen molar-refractivity contribution in [3.05, 3.63) is 149 Å². The number of hydrogen-bond acceptors (Lipinski definition) is 5. The van der Waals surface area contributed by atoms with Gasteiger partial charge in [0, 0.05) is 0 Å². The summed E-state index contributed by atoms with van der Waals surface area (Å²) in [4.78, 5) is 0. The van der Waals surface area contributed by atoms with Gasteiger partial charge in [-0.25, -0.2) is 0 Å². The van der Waals surface area contributed by atoms with Crippen molar-refractivity contribution in [2.45, 2.75) is 44.7 Å². The first-order chi connectivity index (χ1) is 19.8. The van der Waals surface area contributed by atoms with Crippen LogP contribution in [0.15, 0.2) is 127 Å². The Kier molecular flexibility index (Phi) is 10.1. The van der Waals surface area contributed by atoms with E-state index >= 15 is 0 Å². The molecular weight excluding hydrogens is 500 g/mol. The molecule has 1 aliphatic rings. The molecule has 5 rings (SSSR count). The summed E-state index contributed by atoms with van der Waals surface area (Å²) in [6.07, 6.45) is 1.21. The summed E-state index contributed by atoms with van der Waals surface area (Å²) in [5.41, 5.74) is 5.44. The molecule has 4 aromatic rings. The van der Waals surface area contributed by atoms with Crippen molar-refractivity contribution in [3.8, 4) is 5.75 Å². The maximum atomic E-state index is 6.55. The van der Waals surface area contributed by atoms with E-state index in [0.29, 0.717) is 33.0 Å². The molecule has 0 aromatic heterocycles. The number of methoxy groups -OCH3 is 1. The van der Waals surface area contributed by atoms with Gasteiger partial charge in [-0.15, -0.1) is 0 Å². The minimum atomic E-state index is -0.322. The molecule has 5 heteroatoms. The van der Waals surface area contributed by atoms with Crippen molar-refractivity contribution in [1.82, 2.24) is 0 Å². The minimum absolute atomic E-state index is 0.290. The topological polar surface area (TPSA) is 46.2 Å². The quantitative estimate of drug-likeness (QED) is 0.164. The zero-order valence-electron chi connectivity index (χ0n) is 22.9. The lowest BCUT2D eigenvalue weighted by molar-refractivity contribution is -0.117. The molecule has 0 N–H and O–H groups in total. The summed E-state index contributed by atoms with van der Waals surface area (Å²) in [6, 6.07) is 38.5. The van der Waals surface area contributed by atoms with Crippen molar-refractivity contribution in [3.63, 3.8) is 0 Å². The van der Waals surface area contributed by atoms with Crippen LogP contribution in [0.3, 0.4) is 0 Å². The molecule has 0 spiro atoms. The molecule has 0 saturated carbocycles. The van der Waals surface area contributed by atoms with E-state index in [0.717, 1.165) is 33.6 Å². The largest absolute Gasteiger partial charge is 0.497 e. The van der Waals surface area contributed by atoms with Crippen LogP contribution in [0.1, 0.15) is 22.3 Å². The average molecular weight is 537 g/mol. The van der Waals surface area contributed by atoms with Crippen molar-refractivity contribution in [2.75, 3.05) is 13.7 Å². The Balaban J connectivity index is 1.33. The molecule has 0 radical (unpaired) electrons. The van der Waals surface area contributed by atoms with Gasteiger partial charge in [0.1, 0.15) is 24.1 Å². The molecule has 0 aliphatic heterocycles. The maximum Gasteiger partial charge on any atom is 0.118 e. The van der Waals surface area contributed by atoms with Crippen LogP contribution >= 0.6 is 0 Å². The fraction of sp³-hybridized carbons (Fsp3) is 0.257. The summed E-state index contributed by atoms with van der Waals surface area (Å²) >= 11 is 0. The second-order valence-corrected chi connectivity index (χ2v) is 9.82. The molecule has 206 valence electrons. The van der Waals surface area contributed by atoms with E-state index in [1.807, 2.05) is 78.9 Å². The molecule has 1 aliphatic carbocycles. The number of rotatable bonds is 14. The van der Waals surface area contributed by atoms with Gasteiger partial charge >= 0.3 is 0 Å². The predicted molar refractivity (Wildman–Crippen MR) is 156 cm³/mol. The van der Waals surface area contributed by atoms with Crippen LogP contribution in [0.4, 0.5) is 0 Å². The maximum absolute atomic E-state index is 6.55. The third-order valence-corrected chi connectivity index (χ3v) is 6.91. The molecule has 0 heterocycles. The first-order valence-electron chi connectivity index (χ1n) is 13.7.